The Morgan fingerprint density at radius 1 is 0.750 bits per heavy atom. The second-order valence-electron chi connectivity index (χ2n) is 4.64. The Balaban J connectivity index is 0.000000368. The number of benzene rings is 3. The van der Waals surface area contributed by atoms with Crippen molar-refractivity contribution in [1.29, 1.82) is 5.39 Å². The van der Waals surface area contributed by atoms with E-state index in [1.165, 1.54) is 0 Å². The van der Waals surface area contributed by atoms with Crippen LogP contribution in [-0.4, -0.2) is 7.25 Å². The number of hydrogen-bond donors (Lipinski definition) is 0. The first-order valence-electron chi connectivity index (χ1n) is 6.85. The number of hydrogen-bond acceptors (Lipinski definition) is 2. The maximum atomic E-state index is 9.75. The number of diazo groups is 1. The van der Waals surface area contributed by atoms with Gasteiger partial charge in [0.2, 0.25) is 11.1 Å². The fourth-order valence-corrected chi connectivity index (χ4v) is 2.03. The van der Waals surface area contributed by atoms with Crippen LogP contribution in [0.2, 0.25) is 0 Å². The van der Waals surface area contributed by atoms with Gasteiger partial charge in [-0.3, -0.25) is 0 Å². The Kier molecular flexibility index (Phi) is 5.37. The molecule has 0 atom stereocenters. The summed E-state index contributed by atoms with van der Waals surface area (Å²) in [6, 6.07) is 21.0. The van der Waals surface area contributed by atoms with Gasteiger partial charge in [-0.05, 0) is 17.5 Å². The SMILES string of the molecule is F[B-](F)(F)F.N#[N+]c1ccccc1Oc1cccc2ccccc12. The van der Waals surface area contributed by atoms with E-state index in [1.54, 1.807) is 18.2 Å². The molecule has 0 radical (unpaired) electrons. The molecule has 3 aromatic carbocycles. The van der Waals surface area contributed by atoms with E-state index in [0.29, 0.717) is 11.4 Å². The van der Waals surface area contributed by atoms with Crippen LogP contribution >= 0.6 is 0 Å². The van der Waals surface area contributed by atoms with Crippen molar-refractivity contribution >= 4 is 23.7 Å². The average Bonchev–Trinajstić information content (AvgIpc) is 2.54. The second kappa shape index (κ2) is 7.46. The molecule has 0 heterocycles. The zero-order chi connectivity index (χ0) is 17.6. The van der Waals surface area contributed by atoms with Crippen LogP contribution in [0.3, 0.4) is 0 Å². The van der Waals surface area contributed by atoms with Gasteiger partial charge in [0, 0.05) is 11.5 Å². The van der Waals surface area contributed by atoms with E-state index in [9.17, 15) is 17.3 Å². The van der Waals surface area contributed by atoms with Gasteiger partial charge in [0.25, 0.3) is 0 Å². The van der Waals surface area contributed by atoms with Crippen LogP contribution in [0.25, 0.3) is 15.7 Å². The molecule has 24 heavy (non-hydrogen) atoms. The first-order chi connectivity index (χ1) is 11.4. The number of halogens is 4. The highest BCUT2D eigenvalue weighted by Gasteiger charge is 2.20. The quantitative estimate of drug-likeness (QED) is 0.308. The predicted molar refractivity (Wildman–Crippen MR) is 85.4 cm³/mol. The van der Waals surface area contributed by atoms with Gasteiger partial charge in [-0.15, -0.1) is 0 Å². The van der Waals surface area contributed by atoms with Crippen LogP contribution in [0.5, 0.6) is 11.5 Å². The van der Waals surface area contributed by atoms with E-state index < -0.39 is 7.25 Å². The monoisotopic (exact) mass is 334 g/mol. The molecule has 0 spiro atoms. The Morgan fingerprint density at radius 3 is 2.00 bits per heavy atom. The molecule has 0 aliphatic carbocycles. The number of fused-ring (bicyclic) bond motifs is 1. The second-order valence-corrected chi connectivity index (χ2v) is 4.64. The van der Waals surface area contributed by atoms with E-state index in [2.05, 4.69) is 4.98 Å². The van der Waals surface area contributed by atoms with E-state index in [0.717, 1.165) is 16.5 Å². The number of ether oxygens (including phenoxy) is 1. The summed E-state index contributed by atoms with van der Waals surface area (Å²) < 4.78 is 44.9. The molecule has 0 aliphatic rings. The van der Waals surface area contributed by atoms with Crippen LogP contribution < -0.4 is 4.74 Å². The van der Waals surface area contributed by atoms with Crippen molar-refractivity contribution in [3.63, 3.8) is 0 Å². The summed E-state index contributed by atoms with van der Waals surface area (Å²) in [6.45, 7) is 0. The highest BCUT2D eigenvalue weighted by Crippen LogP contribution is 2.34. The zero-order valence-electron chi connectivity index (χ0n) is 12.2. The molecule has 3 aromatic rings. The number of nitrogens with zero attached hydrogens (tertiary/aromatic N) is 2. The molecule has 0 N–H and O–H groups in total. The first kappa shape index (κ1) is 17.3. The predicted octanol–water partition coefficient (Wildman–Crippen LogP) is 6.42. The Bertz CT molecular complexity index is 866. The van der Waals surface area contributed by atoms with Crippen molar-refractivity contribution in [3.8, 4) is 11.5 Å². The van der Waals surface area contributed by atoms with E-state index >= 15 is 0 Å². The van der Waals surface area contributed by atoms with Crippen LogP contribution in [0.15, 0.2) is 66.7 Å². The van der Waals surface area contributed by atoms with Crippen molar-refractivity contribution in [2.45, 2.75) is 0 Å². The third-order valence-electron chi connectivity index (χ3n) is 2.94. The molecule has 0 saturated heterocycles. The summed E-state index contributed by atoms with van der Waals surface area (Å²) in [5, 5.41) is 11.1. The lowest BCUT2D eigenvalue weighted by atomic mass is 10.1. The third-order valence-corrected chi connectivity index (χ3v) is 2.94. The first-order valence-corrected chi connectivity index (χ1v) is 6.85. The normalized spacial score (nSPS) is 10.5. The number of rotatable bonds is 2. The van der Waals surface area contributed by atoms with Gasteiger partial charge in [-0.1, -0.05) is 48.5 Å². The maximum absolute atomic E-state index is 9.75. The molecule has 0 aromatic heterocycles. The van der Waals surface area contributed by atoms with Gasteiger partial charge in [-0.25, -0.2) is 0 Å². The Morgan fingerprint density at radius 2 is 1.29 bits per heavy atom. The van der Waals surface area contributed by atoms with Gasteiger partial charge < -0.3 is 22.0 Å². The van der Waals surface area contributed by atoms with E-state index in [4.69, 9.17) is 10.1 Å². The van der Waals surface area contributed by atoms with Crippen LogP contribution in [-0.2, 0) is 0 Å². The lowest BCUT2D eigenvalue weighted by molar-refractivity contribution is 0.368. The topological polar surface area (TPSA) is 37.4 Å². The van der Waals surface area contributed by atoms with Crippen molar-refractivity contribution < 1.29 is 22.0 Å². The summed E-state index contributed by atoms with van der Waals surface area (Å²) in [4.78, 5) is 3.22. The minimum Gasteiger partial charge on any atom is -0.448 e. The molecular weight excluding hydrogens is 323 g/mol. The molecule has 3 nitrogen and oxygen atoms in total. The molecule has 0 fully saturated rings. The molecule has 122 valence electrons. The Hall–Kier alpha value is -3.08. The van der Waals surface area contributed by atoms with Crippen molar-refractivity contribution in [3.05, 3.63) is 71.7 Å². The maximum Gasteiger partial charge on any atom is 0.673 e. The summed E-state index contributed by atoms with van der Waals surface area (Å²) in [5.41, 5.74) is 0.412. The van der Waals surface area contributed by atoms with E-state index in [1.807, 2.05) is 48.5 Å². The summed E-state index contributed by atoms with van der Waals surface area (Å²) in [6.07, 6.45) is 0. The molecule has 0 unspecified atom stereocenters. The van der Waals surface area contributed by atoms with Crippen LogP contribution in [0, 0.1) is 5.39 Å². The highest BCUT2D eigenvalue weighted by molar-refractivity contribution is 6.50. The fourth-order valence-electron chi connectivity index (χ4n) is 2.03. The number of para-hydroxylation sites is 1. The molecule has 3 rings (SSSR count). The molecule has 0 bridgehead atoms. The molecule has 0 amide bonds. The molecule has 8 heteroatoms. The van der Waals surface area contributed by atoms with E-state index in [-0.39, 0.29) is 0 Å². The lowest BCUT2D eigenvalue weighted by Gasteiger charge is -2.07. The summed E-state index contributed by atoms with van der Waals surface area (Å²) in [5.74, 6) is 1.27. The minimum atomic E-state index is -6.00. The largest absolute Gasteiger partial charge is 0.673 e. The Labute approximate surface area is 135 Å². The molecule has 0 saturated carbocycles. The lowest BCUT2D eigenvalue weighted by Crippen LogP contribution is -2.02. The van der Waals surface area contributed by atoms with Crippen molar-refractivity contribution in [1.82, 2.24) is 0 Å². The highest BCUT2D eigenvalue weighted by atomic mass is 19.5. The van der Waals surface area contributed by atoms with Crippen molar-refractivity contribution in [2.75, 3.05) is 0 Å². The summed E-state index contributed by atoms with van der Waals surface area (Å²) >= 11 is 0. The van der Waals surface area contributed by atoms with Gasteiger partial charge in [0.05, 0.1) is 0 Å². The standard InChI is InChI=1S/C16H11N2O.BF4/c17-18-14-9-3-4-10-16(14)19-15-11-5-7-12-6-1-2-8-13(12)15;2-1(3,4)5/h1-11H;/q+1;-1. The summed E-state index contributed by atoms with van der Waals surface area (Å²) in [7, 11) is -6.00. The average molecular weight is 334 g/mol. The van der Waals surface area contributed by atoms with Gasteiger partial charge >= 0.3 is 12.9 Å². The van der Waals surface area contributed by atoms with Crippen LogP contribution in [0.1, 0.15) is 0 Å². The molecule has 0 aliphatic heterocycles. The molecular formula is C16H11BF4N2O. The van der Waals surface area contributed by atoms with Crippen molar-refractivity contribution in [2.24, 2.45) is 0 Å². The fraction of sp³-hybridized carbons (Fsp3) is 0. The van der Waals surface area contributed by atoms with Gasteiger partial charge in [-0.2, -0.15) is 0 Å². The minimum absolute atomic E-state index is 0.412. The van der Waals surface area contributed by atoms with Gasteiger partial charge in [0.15, 0.2) is 4.98 Å². The van der Waals surface area contributed by atoms with Crippen LogP contribution in [0.4, 0.5) is 23.0 Å². The third kappa shape index (κ3) is 4.99. The zero-order valence-corrected chi connectivity index (χ0v) is 12.2. The van der Waals surface area contributed by atoms with Gasteiger partial charge in [0.1, 0.15) is 5.75 Å². The smallest absolute Gasteiger partial charge is 0.448 e.